The molecule has 0 aliphatic carbocycles. The zero-order valence-corrected chi connectivity index (χ0v) is 15.4. The van der Waals surface area contributed by atoms with Crippen LogP contribution in [-0.4, -0.2) is 17.2 Å². The van der Waals surface area contributed by atoms with E-state index in [1.807, 2.05) is 0 Å². The predicted octanol–water partition coefficient (Wildman–Crippen LogP) is 4.43. The third-order valence-corrected chi connectivity index (χ3v) is 3.91. The zero-order valence-electron chi connectivity index (χ0n) is 14.6. The summed E-state index contributed by atoms with van der Waals surface area (Å²) in [6, 6.07) is 21.3. The van der Waals surface area contributed by atoms with Crippen molar-refractivity contribution in [3.05, 3.63) is 95.6 Å². The van der Waals surface area contributed by atoms with Gasteiger partial charge in [0, 0.05) is 6.42 Å². The van der Waals surface area contributed by atoms with Gasteiger partial charge in [0.2, 0.25) is 5.24 Å². The number of esters is 2. The topological polar surface area (TPSA) is 69.7 Å². The van der Waals surface area contributed by atoms with Crippen molar-refractivity contribution in [2.24, 2.45) is 0 Å². The monoisotopic (exact) mass is 394 g/mol. The molecule has 0 radical (unpaired) electrons. The molecular weight excluding hydrogens is 380 g/mol. The number of halogens is 1. The van der Waals surface area contributed by atoms with Crippen LogP contribution in [0.3, 0.4) is 0 Å². The number of carbonyl (C=O) groups is 3. The molecule has 28 heavy (non-hydrogen) atoms. The number of hydrogen-bond acceptors (Lipinski definition) is 5. The average molecular weight is 395 g/mol. The fourth-order valence-electron chi connectivity index (χ4n) is 2.45. The summed E-state index contributed by atoms with van der Waals surface area (Å²) in [4.78, 5) is 35.9. The Kier molecular flexibility index (Phi) is 6.19. The first-order valence-electron chi connectivity index (χ1n) is 8.38. The van der Waals surface area contributed by atoms with E-state index in [1.54, 1.807) is 66.7 Å². The number of hydrogen-bond donors (Lipinski definition) is 0. The maximum Gasteiger partial charge on any atom is 0.343 e. The standard InChI is InChI=1S/C22H15ClO5/c23-20(24)14-15-11-12-18(27-21(25)16-7-3-1-4-8-16)19(13-15)28-22(26)17-9-5-2-6-10-17/h1-13H,14H2. The number of ether oxygens (including phenoxy) is 2. The number of benzene rings is 3. The fraction of sp³-hybridized carbons (Fsp3) is 0.0455. The van der Waals surface area contributed by atoms with Crippen molar-refractivity contribution in [1.82, 2.24) is 0 Å². The molecule has 3 aromatic carbocycles. The minimum Gasteiger partial charge on any atom is -0.419 e. The molecule has 0 aliphatic heterocycles. The van der Waals surface area contributed by atoms with Gasteiger partial charge in [0.25, 0.3) is 0 Å². The Morgan fingerprint density at radius 2 is 1.18 bits per heavy atom. The van der Waals surface area contributed by atoms with E-state index in [2.05, 4.69) is 0 Å². The van der Waals surface area contributed by atoms with E-state index < -0.39 is 17.2 Å². The van der Waals surface area contributed by atoms with Gasteiger partial charge >= 0.3 is 11.9 Å². The van der Waals surface area contributed by atoms with Crippen molar-refractivity contribution in [3.63, 3.8) is 0 Å². The molecule has 0 bridgehead atoms. The lowest BCUT2D eigenvalue weighted by Gasteiger charge is -2.12. The van der Waals surface area contributed by atoms with Crippen molar-refractivity contribution in [1.29, 1.82) is 0 Å². The highest BCUT2D eigenvalue weighted by Crippen LogP contribution is 2.30. The summed E-state index contributed by atoms with van der Waals surface area (Å²) < 4.78 is 10.8. The smallest absolute Gasteiger partial charge is 0.343 e. The van der Waals surface area contributed by atoms with E-state index in [1.165, 1.54) is 12.1 Å². The molecule has 0 saturated carbocycles. The van der Waals surface area contributed by atoms with Crippen LogP contribution in [0.5, 0.6) is 11.5 Å². The van der Waals surface area contributed by atoms with Gasteiger partial charge in [-0.15, -0.1) is 0 Å². The lowest BCUT2D eigenvalue weighted by atomic mass is 10.1. The summed E-state index contributed by atoms with van der Waals surface area (Å²) in [6.07, 6.45) is -0.0512. The van der Waals surface area contributed by atoms with Crippen LogP contribution < -0.4 is 9.47 Å². The van der Waals surface area contributed by atoms with Gasteiger partial charge in [-0.3, -0.25) is 4.79 Å². The molecule has 140 valence electrons. The van der Waals surface area contributed by atoms with Crippen molar-refractivity contribution >= 4 is 28.8 Å². The highest BCUT2D eigenvalue weighted by atomic mass is 35.5. The largest absolute Gasteiger partial charge is 0.419 e. The maximum atomic E-state index is 12.4. The minimum atomic E-state index is -0.619. The second kappa shape index (κ2) is 8.97. The Balaban J connectivity index is 1.89. The molecule has 3 rings (SSSR count). The van der Waals surface area contributed by atoms with E-state index in [9.17, 15) is 14.4 Å². The van der Waals surface area contributed by atoms with Crippen LogP contribution in [0.1, 0.15) is 26.3 Å². The molecule has 6 heteroatoms. The Labute approximate surface area is 166 Å². The predicted molar refractivity (Wildman–Crippen MR) is 104 cm³/mol. The van der Waals surface area contributed by atoms with E-state index in [4.69, 9.17) is 21.1 Å². The van der Waals surface area contributed by atoms with Crippen LogP contribution in [-0.2, 0) is 11.2 Å². The van der Waals surface area contributed by atoms with Gasteiger partial charge in [-0.25, -0.2) is 9.59 Å². The molecule has 0 saturated heterocycles. The van der Waals surface area contributed by atoms with Crippen LogP contribution in [0.15, 0.2) is 78.9 Å². The SMILES string of the molecule is O=C(Cl)Cc1ccc(OC(=O)c2ccccc2)c(OC(=O)c2ccccc2)c1. The molecule has 5 nitrogen and oxygen atoms in total. The molecule has 0 heterocycles. The van der Waals surface area contributed by atoms with E-state index >= 15 is 0 Å². The fourth-order valence-corrected chi connectivity index (χ4v) is 2.61. The molecule has 0 spiro atoms. The van der Waals surface area contributed by atoms with Gasteiger partial charge in [-0.05, 0) is 53.6 Å². The van der Waals surface area contributed by atoms with E-state index in [-0.39, 0.29) is 17.9 Å². The van der Waals surface area contributed by atoms with Crippen LogP contribution in [0.2, 0.25) is 0 Å². The summed E-state index contributed by atoms with van der Waals surface area (Å²) in [6.45, 7) is 0. The van der Waals surface area contributed by atoms with Gasteiger partial charge in [-0.2, -0.15) is 0 Å². The number of carbonyl (C=O) groups excluding carboxylic acids is 3. The highest BCUT2D eigenvalue weighted by molar-refractivity contribution is 6.63. The third-order valence-electron chi connectivity index (χ3n) is 3.78. The molecule has 0 atom stereocenters. The van der Waals surface area contributed by atoms with E-state index in [0.717, 1.165) is 0 Å². The molecule has 0 N–H and O–H groups in total. The second-order valence-electron chi connectivity index (χ2n) is 5.82. The highest BCUT2D eigenvalue weighted by Gasteiger charge is 2.17. The lowest BCUT2D eigenvalue weighted by Crippen LogP contribution is -2.13. The molecule has 0 fully saturated rings. The maximum absolute atomic E-state index is 12.4. The Morgan fingerprint density at radius 1 is 0.679 bits per heavy atom. The summed E-state index contributed by atoms with van der Waals surface area (Å²) >= 11 is 5.44. The van der Waals surface area contributed by atoms with Gasteiger partial charge < -0.3 is 9.47 Å². The first-order valence-corrected chi connectivity index (χ1v) is 8.76. The molecular formula is C22H15ClO5. The minimum absolute atomic E-state index is 0.0218. The van der Waals surface area contributed by atoms with Crippen LogP contribution in [0, 0.1) is 0 Å². The lowest BCUT2D eigenvalue weighted by molar-refractivity contribution is -0.111. The Bertz CT molecular complexity index is 1000. The van der Waals surface area contributed by atoms with Gasteiger partial charge in [-0.1, -0.05) is 42.5 Å². The molecule has 0 aromatic heterocycles. The summed E-state index contributed by atoms with van der Waals surface area (Å²) in [5.41, 5.74) is 1.21. The van der Waals surface area contributed by atoms with Crippen molar-refractivity contribution in [2.75, 3.05) is 0 Å². The second-order valence-corrected chi connectivity index (χ2v) is 6.25. The quantitative estimate of drug-likeness (QED) is 0.351. The van der Waals surface area contributed by atoms with Crippen LogP contribution >= 0.6 is 11.6 Å². The normalized spacial score (nSPS) is 10.2. The molecule has 0 amide bonds. The first kappa shape index (κ1) is 19.3. The first-order chi connectivity index (χ1) is 13.5. The van der Waals surface area contributed by atoms with Crippen LogP contribution in [0.4, 0.5) is 0 Å². The van der Waals surface area contributed by atoms with Crippen molar-refractivity contribution in [2.45, 2.75) is 6.42 Å². The summed E-state index contributed by atoms with van der Waals surface area (Å²) in [7, 11) is 0. The molecule has 0 aliphatic rings. The zero-order chi connectivity index (χ0) is 19.9. The van der Waals surface area contributed by atoms with Crippen molar-refractivity contribution < 1.29 is 23.9 Å². The third kappa shape index (κ3) is 5.05. The molecule has 0 unspecified atom stereocenters. The van der Waals surface area contributed by atoms with Crippen LogP contribution in [0.25, 0.3) is 0 Å². The summed E-state index contributed by atoms with van der Waals surface area (Å²) in [5, 5.41) is -0.561. The average Bonchev–Trinajstić information content (AvgIpc) is 2.70. The van der Waals surface area contributed by atoms with E-state index in [0.29, 0.717) is 16.7 Å². The van der Waals surface area contributed by atoms with Gasteiger partial charge in [0.05, 0.1) is 11.1 Å². The molecule has 3 aromatic rings. The summed E-state index contributed by atoms with van der Waals surface area (Å²) in [5.74, 6) is -1.14. The van der Waals surface area contributed by atoms with Gasteiger partial charge in [0.15, 0.2) is 11.5 Å². The Morgan fingerprint density at radius 3 is 1.68 bits per heavy atom. The Hall–Kier alpha value is -3.44. The van der Waals surface area contributed by atoms with Crippen molar-refractivity contribution in [3.8, 4) is 11.5 Å². The van der Waals surface area contributed by atoms with Gasteiger partial charge in [0.1, 0.15) is 0 Å². The number of rotatable bonds is 6.